The Labute approximate surface area is 237 Å². The zero-order valence-corrected chi connectivity index (χ0v) is 22.8. The van der Waals surface area contributed by atoms with E-state index in [1.807, 2.05) is 36.4 Å². The summed E-state index contributed by atoms with van der Waals surface area (Å²) in [5.41, 5.74) is 4.38. The highest BCUT2D eigenvalue weighted by Crippen LogP contribution is 2.35. The normalized spacial score (nSPS) is 15.8. The van der Waals surface area contributed by atoms with E-state index in [0.717, 1.165) is 33.4 Å². The number of carbonyl (C=O) groups is 2. The van der Waals surface area contributed by atoms with E-state index in [0.29, 0.717) is 23.6 Å². The highest BCUT2D eigenvalue weighted by atomic mass is 35.5. The van der Waals surface area contributed by atoms with Crippen molar-refractivity contribution >= 4 is 23.5 Å². The number of halogens is 2. The Morgan fingerprint density at radius 1 is 0.875 bits per heavy atom. The van der Waals surface area contributed by atoms with Crippen molar-refractivity contribution in [3.8, 4) is 16.9 Å². The predicted molar refractivity (Wildman–Crippen MR) is 153 cm³/mol. The van der Waals surface area contributed by atoms with Crippen molar-refractivity contribution in [2.75, 3.05) is 6.61 Å². The van der Waals surface area contributed by atoms with Crippen LogP contribution < -0.4 is 10.1 Å². The van der Waals surface area contributed by atoms with Crippen molar-refractivity contribution in [2.45, 2.75) is 38.3 Å². The molecule has 5 nitrogen and oxygen atoms in total. The molecule has 4 aromatic carbocycles. The number of ether oxygens (including phenoxy) is 2. The number of benzene rings is 4. The molecule has 1 N–H and O–H groups in total. The monoisotopic (exact) mass is 557 g/mol. The number of nitrogens with one attached hydrogen (secondary N) is 1. The second-order valence-corrected chi connectivity index (χ2v) is 10.4. The van der Waals surface area contributed by atoms with E-state index >= 15 is 0 Å². The van der Waals surface area contributed by atoms with Crippen LogP contribution in [0.5, 0.6) is 5.75 Å². The van der Waals surface area contributed by atoms with Crippen LogP contribution in [0.4, 0.5) is 4.39 Å². The van der Waals surface area contributed by atoms with Gasteiger partial charge in [0.1, 0.15) is 23.7 Å². The molecule has 1 amide bonds. The van der Waals surface area contributed by atoms with Gasteiger partial charge < -0.3 is 14.8 Å². The minimum Gasteiger partial charge on any atom is -0.489 e. The summed E-state index contributed by atoms with van der Waals surface area (Å²) in [6.07, 6.45) is 0.805. The Balaban J connectivity index is 1.26. The first-order valence-electron chi connectivity index (χ1n) is 13.2. The molecule has 0 fully saturated rings. The molecular formula is C33H29ClFNO4. The Hall–Kier alpha value is -4.16. The third kappa shape index (κ3) is 6.35. The molecule has 4 aromatic rings. The lowest BCUT2D eigenvalue weighted by Crippen LogP contribution is -2.56. The SMILES string of the molecule is CCOC(=O)C1(NC(=O)Cc2ccc(OCc3cccc(F)c3)cc2)Cc2ccc(-c3ccc(Cl)cc3)cc2C1. The molecule has 1 aliphatic rings. The van der Waals surface area contributed by atoms with E-state index in [1.54, 1.807) is 43.3 Å². The van der Waals surface area contributed by atoms with Crippen LogP contribution in [-0.4, -0.2) is 24.0 Å². The molecule has 1 unspecified atom stereocenters. The summed E-state index contributed by atoms with van der Waals surface area (Å²) in [4.78, 5) is 26.4. The van der Waals surface area contributed by atoms with Gasteiger partial charge in [0.05, 0.1) is 13.0 Å². The maximum absolute atomic E-state index is 13.4. The van der Waals surface area contributed by atoms with Crippen molar-refractivity contribution in [1.29, 1.82) is 0 Å². The topological polar surface area (TPSA) is 64.6 Å². The zero-order valence-electron chi connectivity index (χ0n) is 22.1. The molecule has 0 saturated heterocycles. The van der Waals surface area contributed by atoms with Gasteiger partial charge in [-0.2, -0.15) is 0 Å². The van der Waals surface area contributed by atoms with Gasteiger partial charge in [-0.05, 0) is 76.7 Å². The molecule has 0 spiro atoms. The number of hydrogen-bond acceptors (Lipinski definition) is 4. The minimum absolute atomic E-state index is 0.0949. The summed E-state index contributed by atoms with van der Waals surface area (Å²) in [6.45, 7) is 2.21. The first-order valence-corrected chi connectivity index (χ1v) is 13.5. The molecule has 1 aliphatic carbocycles. The van der Waals surface area contributed by atoms with Gasteiger partial charge in [-0.1, -0.05) is 66.2 Å². The summed E-state index contributed by atoms with van der Waals surface area (Å²) < 4.78 is 24.5. The zero-order chi connectivity index (χ0) is 28.1. The van der Waals surface area contributed by atoms with Gasteiger partial charge in [0.2, 0.25) is 5.91 Å². The Morgan fingerprint density at radius 3 is 2.33 bits per heavy atom. The molecule has 0 heterocycles. The van der Waals surface area contributed by atoms with Gasteiger partial charge in [-0.15, -0.1) is 0 Å². The Morgan fingerprint density at radius 2 is 1.60 bits per heavy atom. The van der Waals surface area contributed by atoms with Crippen LogP contribution in [0.1, 0.15) is 29.2 Å². The third-order valence-electron chi connectivity index (χ3n) is 7.00. The fourth-order valence-electron chi connectivity index (χ4n) is 5.04. The Kier molecular flexibility index (Phi) is 8.17. The van der Waals surface area contributed by atoms with E-state index in [9.17, 15) is 14.0 Å². The van der Waals surface area contributed by atoms with Crippen LogP contribution in [-0.2, 0) is 40.2 Å². The van der Waals surface area contributed by atoms with Crippen LogP contribution in [0.2, 0.25) is 5.02 Å². The lowest BCUT2D eigenvalue weighted by atomic mass is 9.95. The molecule has 0 radical (unpaired) electrons. The third-order valence-corrected chi connectivity index (χ3v) is 7.25. The fourth-order valence-corrected chi connectivity index (χ4v) is 5.17. The molecule has 0 saturated carbocycles. The quantitative estimate of drug-likeness (QED) is 0.239. The summed E-state index contributed by atoms with van der Waals surface area (Å²) >= 11 is 6.04. The number of fused-ring (bicyclic) bond motifs is 1. The average molecular weight is 558 g/mol. The number of amides is 1. The van der Waals surface area contributed by atoms with Crippen molar-refractivity contribution in [3.05, 3.63) is 124 Å². The smallest absolute Gasteiger partial charge is 0.332 e. The predicted octanol–water partition coefficient (Wildman–Crippen LogP) is 6.48. The van der Waals surface area contributed by atoms with Gasteiger partial charge in [0.15, 0.2) is 0 Å². The number of rotatable bonds is 9. The molecule has 5 rings (SSSR count). The highest BCUT2D eigenvalue weighted by Gasteiger charge is 2.46. The Bertz CT molecular complexity index is 1520. The van der Waals surface area contributed by atoms with Crippen LogP contribution in [0, 0.1) is 5.82 Å². The molecule has 40 heavy (non-hydrogen) atoms. The molecule has 0 bridgehead atoms. The maximum Gasteiger partial charge on any atom is 0.332 e. The number of hydrogen-bond donors (Lipinski definition) is 1. The van der Waals surface area contributed by atoms with E-state index < -0.39 is 11.5 Å². The van der Waals surface area contributed by atoms with E-state index in [1.165, 1.54) is 12.1 Å². The molecular weight excluding hydrogens is 529 g/mol. The van der Waals surface area contributed by atoms with Gasteiger partial charge >= 0.3 is 5.97 Å². The molecule has 204 valence electrons. The molecule has 7 heteroatoms. The lowest BCUT2D eigenvalue weighted by molar-refractivity contribution is -0.153. The van der Waals surface area contributed by atoms with Crippen LogP contribution >= 0.6 is 11.6 Å². The van der Waals surface area contributed by atoms with Gasteiger partial charge in [-0.25, -0.2) is 9.18 Å². The largest absolute Gasteiger partial charge is 0.489 e. The number of carbonyl (C=O) groups excluding carboxylic acids is 2. The van der Waals surface area contributed by atoms with Crippen molar-refractivity contribution in [2.24, 2.45) is 0 Å². The molecule has 0 aromatic heterocycles. The fraction of sp³-hybridized carbons (Fsp3) is 0.212. The van der Waals surface area contributed by atoms with Gasteiger partial charge in [-0.3, -0.25) is 4.79 Å². The van der Waals surface area contributed by atoms with Crippen LogP contribution in [0.15, 0.2) is 91.0 Å². The lowest BCUT2D eigenvalue weighted by Gasteiger charge is -2.28. The standard InChI is InChI=1S/C33H29ClFNO4/c1-2-39-32(38)33(19-26-9-8-25(18-27(26)20-33)24-10-12-28(34)13-11-24)36-31(37)17-22-6-14-30(15-7-22)40-21-23-4-3-5-29(35)16-23/h3-16,18H,2,17,19-21H2,1H3,(H,36,37). The van der Waals surface area contributed by atoms with E-state index in [2.05, 4.69) is 11.4 Å². The molecule has 1 atom stereocenters. The van der Waals surface area contributed by atoms with Gasteiger partial charge in [0, 0.05) is 17.9 Å². The maximum atomic E-state index is 13.4. The van der Waals surface area contributed by atoms with Crippen LogP contribution in [0.3, 0.4) is 0 Å². The number of esters is 1. The van der Waals surface area contributed by atoms with E-state index in [4.69, 9.17) is 21.1 Å². The van der Waals surface area contributed by atoms with Crippen LogP contribution in [0.25, 0.3) is 11.1 Å². The van der Waals surface area contributed by atoms with Crippen molar-refractivity contribution < 1.29 is 23.5 Å². The van der Waals surface area contributed by atoms with Gasteiger partial charge in [0.25, 0.3) is 0 Å². The summed E-state index contributed by atoms with van der Waals surface area (Å²) in [5.74, 6) is -0.407. The minimum atomic E-state index is -1.16. The molecule has 0 aliphatic heterocycles. The van der Waals surface area contributed by atoms with E-state index in [-0.39, 0.29) is 31.4 Å². The van der Waals surface area contributed by atoms with Crippen molar-refractivity contribution in [1.82, 2.24) is 5.32 Å². The summed E-state index contributed by atoms with van der Waals surface area (Å²) in [5, 5.41) is 3.67. The first kappa shape index (κ1) is 27.4. The summed E-state index contributed by atoms with van der Waals surface area (Å²) in [7, 11) is 0. The second-order valence-electron chi connectivity index (χ2n) is 9.93. The second kappa shape index (κ2) is 11.9. The first-order chi connectivity index (χ1) is 19.3. The van der Waals surface area contributed by atoms with Crippen molar-refractivity contribution in [3.63, 3.8) is 0 Å². The highest BCUT2D eigenvalue weighted by molar-refractivity contribution is 6.30. The average Bonchev–Trinajstić information content (AvgIpc) is 3.32. The summed E-state index contributed by atoms with van der Waals surface area (Å²) in [6, 6.07) is 27.1.